The first kappa shape index (κ1) is 14.1. The fourth-order valence-corrected chi connectivity index (χ4v) is 2.89. The Bertz CT molecular complexity index is 365. The largest absolute Gasteiger partial charge is 0.480 e. The lowest BCUT2D eigenvalue weighted by Gasteiger charge is -2.11. The predicted octanol–water partition coefficient (Wildman–Crippen LogP) is 1.96. The maximum Gasteiger partial charge on any atom is 0.326 e. The zero-order chi connectivity index (χ0) is 12.7. The van der Waals surface area contributed by atoms with E-state index in [0.29, 0.717) is 12.2 Å². The number of hydrogen-bond acceptors (Lipinski definition) is 4. The first-order valence-corrected chi connectivity index (χ1v) is 7.29. The highest BCUT2D eigenvalue weighted by molar-refractivity contribution is 7.99. The zero-order valence-electron chi connectivity index (χ0n) is 9.51. The summed E-state index contributed by atoms with van der Waals surface area (Å²) in [6.07, 6.45) is 0.399. The molecule has 0 bridgehead atoms. The maximum atomic E-state index is 11.5. The molecule has 0 fully saturated rings. The van der Waals surface area contributed by atoms with Crippen LogP contribution in [0, 0.1) is 0 Å². The highest BCUT2D eigenvalue weighted by atomic mass is 32.2. The third kappa shape index (κ3) is 5.23. The number of amides is 1. The van der Waals surface area contributed by atoms with Crippen molar-refractivity contribution in [1.82, 2.24) is 5.32 Å². The van der Waals surface area contributed by atoms with Crippen LogP contribution < -0.4 is 5.32 Å². The van der Waals surface area contributed by atoms with Crippen LogP contribution in [0.3, 0.4) is 0 Å². The Morgan fingerprint density at radius 2 is 2.35 bits per heavy atom. The molecule has 0 aliphatic rings. The van der Waals surface area contributed by atoms with Crippen molar-refractivity contribution in [3.63, 3.8) is 0 Å². The lowest BCUT2D eigenvalue weighted by molar-refractivity contribution is -0.141. The Kier molecular flexibility index (Phi) is 6.07. The van der Waals surface area contributed by atoms with E-state index in [1.165, 1.54) is 16.6 Å². The van der Waals surface area contributed by atoms with Crippen LogP contribution in [0.15, 0.2) is 17.5 Å². The van der Waals surface area contributed by atoms with Crippen molar-refractivity contribution in [2.75, 3.05) is 5.75 Å². The van der Waals surface area contributed by atoms with Crippen LogP contribution in [0.1, 0.15) is 18.2 Å². The molecule has 17 heavy (non-hydrogen) atoms. The van der Waals surface area contributed by atoms with E-state index in [1.807, 2.05) is 17.5 Å². The van der Waals surface area contributed by atoms with Crippen molar-refractivity contribution < 1.29 is 14.7 Å². The van der Waals surface area contributed by atoms with Crippen molar-refractivity contribution >= 4 is 35.0 Å². The minimum Gasteiger partial charge on any atom is -0.480 e. The van der Waals surface area contributed by atoms with E-state index in [4.69, 9.17) is 5.11 Å². The summed E-state index contributed by atoms with van der Waals surface area (Å²) < 4.78 is 0. The summed E-state index contributed by atoms with van der Waals surface area (Å²) in [6, 6.07) is 3.21. The molecular formula is C11H15NO3S2. The average Bonchev–Trinajstić information content (AvgIpc) is 2.78. The van der Waals surface area contributed by atoms with Gasteiger partial charge in [0.25, 0.3) is 0 Å². The topological polar surface area (TPSA) is 66.4 Å². The van der Waals surface area contributed by atoms with Crippen molar-refractivity contribution in [2.45, 2.75) is 25.1 Å². The summed E-state index contributed by atoms with van der Waals surface area (Å²) >= 11 is 3.14. The lowest BCUT2D eigenvalue weighted by Crippen LogP contribution is -2.41. The SMILES string of the molecule is CCC(NC(=O)CSCc1cccs1)C(=O)O. The quantitative estimate of drug-likeness (QED) is 0.797. The molecule has 1 aromatic heterocycles. The molecule has 0 radical (unpaired) electrons. The summed E-state index contributed by atoms with van der Waals surface area (Å²) in [7, 11) is 0. The average molecular weight is 273 g/mol. The first-order valence-electron chi connectivity index (χ1n) is 5.25. The van der Waals surface area contributed by atoms with Crippen LogP contribution in [-0.4, -0.2) is 28.8 Å². The molecule has 6 heteroatoms. The Balaban J connectivity index is 2.23. The molecule has 1 aromatic rings. The van der Waals surface area contributed by atoms with Gasteiger partial charge in [0.1, 0.15) is 6.04 Å². The highest BCUT2D eigenvalue weighted by Crippen LogP contribution is 2.16. The van der Waals surface area contributed by atoms with Gasteiger partial charge in [0, 0.05) is 10.6 Å². The van der Waals surface area contributed by atoms with Gasteiger partial charge < -0.3 is 10.4 Å². The molecule has 2 N–H and O–H groups in total. The number of nitrogens with one attached hydrogen (secondary N) is 1. The van der Waals surface area contributed by atoms with Crippen LogP contribution in [0.4, 0.5) is 0 Å². The molecule has 1 atom stereocenters. The van der Waals surface area contributed by atoms with Gasteiger partial charge in [-0.05, 0) is 17.9 Å². The highest BCUT2D eigenvalue weighted by Gasteiger charge is 2.17. The van der Waals surface area contributed by atoms with Crippen molar-refractivity contribution in [3.05, 3.63) is 22.4 Å². The van der Waals surface area contributed by atoms with Gasteiger partial charge in [-0.15, -0.1) is 23.1 Å². The van der Waals surface area contributed by atoms with Gasteiger partial charge in [-0.3, -0.25) is 4.79 Å². The number of carbonyl (C=O) groups is 2. The Morgan fingerprint density at radius 3 is 2.88 bits per heavy atom. The molecule has 0 aliphatic carbocycles. The number of rotatable bonds is 7. The number of carboxylic acid groups (broad SMARTS) is 1. The van der Waals surface area contributed by atoms with Crippen molar-refractivity contribution in [3.8, 4) is 0 Å². The van der Waals surface area contributed by atoms with Crippen molar-refractivity contribution in [2.24, 2.45) is 0 Å². The molecule has 0 saturated heterocycles. The number of thiophene rings is 1. The summed E-state index contributed by atoms with van der Waals surface area (Å²) in [5.41, 5.74) is 0. The van der Waals surface area contributed by atoms with E-state index < -0.39 is 12.0 Å². The monoisotopic (exact) mass is 273 g/mol. The van der Waals surface area contributed by atoms with Crippen LogP contribution in [-0.2, 0) is 15.3 Å². The van der Waals surface area contributed by atoms with Crippen LogP contribution in [0.2, 0.25) is 0 Å². The molecule has 0 spiro atoms. The fourth-order valence-electron chi connectivity index (χ4n) is 1.21. The smallest absolute Gasteiger partial charge is 0.326 e. The van der Waals surface area contributed by atoms with E-state index >= 15 is 0 Å². The minimum atomic E-state index is -0.982. The summed E-state index contributed by atoms with van der Waals surface area (Å²) in [4.78, 5) is 23.4. The van der Waals surface area contributed by atoms with Gasteiger partial charge in [0.05, 0.1) is 5.75 Å². The Morgan fingerprint density at radius 1 is 1.59 bits per heavy atom. The molecular weight excluding hydrogens is 258 g/mol. The zero-order valence-corrected chi connectivity index (χ0v) is 11.1. The van der Waals surface area contributed by atoms with E-state index in [9.17, 15) is 9.59 Å². The standard InChI is InChI=1S/C11H15NO3S2/c1-2-9(11(14)15)12-10(13)7-16-6-8-4-3-5-17-8/h3-5,9H,2,6-7H2,1H3,(H,12,13)(H,14,15). The molecule has 94 valence electrons. The predicted molar refractivity (Wildman–Crippen MR) is 70.3 cm³/mol. The number of thioether (sulfide) groups is 1. The molecule has 1 heterocycles. The van der Waals surface area contributed by atoms with Gasteiger partial charge >= 0.3 is 5.97 Å². The number of aliphatic carboxylic acids is 1. The molecule has 1 unspecified atom stereocenters. The molecule has 1 amide bonds. The third-order valence-corrected chi connectivity index (χ3v) is 4.14. The maximum absolute atomic E-state index is 11.5. The van der Waals surface area contributed by atoms with Crippen molar-refractivity contribution in [1.29, 1.82) is 0 Å². The van der Waals surface area contributed by atoms with E-state index in [0.717, 1.165) is 5.75 Å². The second kappa shape index (κ2) is 7.34. The van der Waals surface area contributed by atoms with Crippen LogP contribution >= 0.6 is 23.1 Å². The lowest BCUT2D eigenvalue weighted by atomic mass is 10.2. The second-order valence-corrected chi connectivity index (χ2v) is 5.46. The van der Waals surface area contributed by atoms with Gasteiger partial charge in [0.2, 0.25) is 5.91 Å². The molecule has 0 saturated carbocycles. The molecule has 1 rings (SSSR count). The Hall–Kier alpha value is -1.01. The van der Waals surface area contributed by atoms with Gasteiger partial charge in [-0.1, -0.05) is 13.0 Å². The summed E-state index contributed by atoms with van der Waals surface area (Å²) in [5, 5.41) is 13.3. The van der Waals surface area contributed by atoms with E-state index in [-0.39, 0.29) is 5.91 Å². The number of hydrogen-bond donors (Lipinski definition) is 2. The van der Waals surface area contributed by atoms with Crippen LogP contribution in [0.5, 0.6) is 0 Å². The summed E-state index contributed by atoms with van der Waals surface area (Å²) in [5.74, 6) is -0.124. The first-order chi connectivity index (χ1) is 8.13. The normalized spacial score (nSPS) is 12.1. The molecule has 0 aromatic carbocycles. The number of carbonyl (C=O) groups excluding carboxylic acids is 1. The number of carboxylic acids is 1. The minimum absolute atomic E-state index is 0.221. The summed E-state index contributed by atoms with van der Waals surface area (Å²) in [6.45, 7) is 1.73. The Labute approximate surface area is 108 Å². The molecule has 4 nitrogen and oxygen atoms in total. The van der Waals surface area contributed by atoms with E-state index in [1.54, 1.807) is 18.3 Å². The van der Waals surface area contributed by atoms with Gasteiger partial charge in [-0.25, -0.2) is 4.79 Å². The third-order valence-electron chi connectivity index (χ3n) is 2.10. The molecule has 0 aliphatic heterocycles. The van der Waals surface area contributed by atoms with Gasteiger partial charge in [0.15, 0.2) is 0 Å². The fraction of sp³-hybridized carbons (Fsp3) is 0.455. The second-order valence-electron chi connectivity index (χ2n) is 3.44. The van der Waals surface area contributed by atoms with Crippen LogP contribution in [0.25, 0.3) is 0 Å². The van der Waals surface area contributed by atoms with Gasteiger partial charge in [-0.2, -0.15) is 0 Å². The van der Waals surface area contributed by atoms with E-state index in [2.05, 4.69) is 5.32 Å².